The van der Waals surface area contributed by atoms with E-state index in [1.165, 1.54) is 38.5 Å². The summed E-state index contributed by atoms with van der Waals surface area (Å²) >= 11 is 0. The van der Waals surface area contributed by atoms with Crippen LogP contribution in [0.2, 0.25) is 0 Å². The average Bonchev–Trinajstić information content (AvgIpc) is 3.65. The van der Waals surface area contributed by atoms with Crippen LogP contribution in [-0.4, -0.2) is 107 Å². The van der Waals surface area contributed by atoms with Gasteiger partial charge in [-0.2, -0.15) is 13.3 Å². The van der Waals surface area contributed by atoms with Gasteiger partial charge < -0.3 is 38.5 Å². The van der Waals surface area contributed by atoms with E-state index in [4.69, 9.17) is 38.5 Å². The van der Waals surface area contributed by atoms with Gasteiger partial charge in [-0.05, 0) is 154 Å². The molecule has 2 spiro atoms. The van der Waals surface area contributed by atoms with Gasteiger partial charge in [-0.25, -0.2) is 19.6 Å². The number of hydrogen-bond donors (Lipinski definition) is 0. The van der Waals surface area contributed by atoms with Crippen molar-refractivity contribution in [1.29, 1.82) is 0 Å². The molecule has 16 atom stereocenters. The monoisotopic (exact) mass is 1010 g/mol. The Morgan fingerprint density at radius 3 is 1.39 bits per heavy atom. The van der Waals surface area contributed by atoms with Crippen molar-refractivity contribution in [1.82, 2.24) is 19.6 Å². The maximum absolute atomic E-state index is 6.68. The topological polar surface area (TPSA) is 86.8 Å². The third-order valence-corrected chi connectivity index (χ3v) is 16.6. The predicted octanol–water partition coefficient (Wildman–Crippen LogP) is 7.79. The maximum Gasteiger partial charge on any atom is 3.00 e. The zero-order chi connectivity index (χ0) is 40.5. The van der Waals surface area contributed by atoms with Gasteiger partial charge in [-0.1, -0.05) is 27.7 Å². The van der Waals surface area contributed by atoms with Crippen LogP contribution in [0.15, 0.2) is 24.8 Å². The number of nitrogens with zero attached hydrogens (tertiary/aromatic N) is 4. The summed E-state index contributed by atoms with van der Waals surface area (Å²) in [6.07, 6.45) is 21.4. The molecule has 13 heteroatoms. The summed E-state index contributed by atoms with van der Waals surface area (Å²) in [7, 11) is 4.09. The van der Waals surface area contributed by atoms with Gasteiger partial charge in [0, 0.05) is 36.5 Å². The third-order valence-electron chi connectivity index (χ3n) is 16.6. The van der Waals surface area contributed by atoms with Gasteiger partial charge in [0.2, 0.25) is 0 Å². The van der Waals surface area contributed by atoms with Gasteiger partial charge >= 0.3 is 22.4 Å². The zero-order valence-electron chi connectivity index (χ0n) is 37.1. The predicted molar refractivity (Wildman–Crippen MR) is 218 cm³/mol. The summed E-state index contributed by atoms with van der Waals surface area (Å²) < 4.78 is 26.0. The van der Waals surface area contributed by atoms with Crippen molar-refractivity contribution in [2.24, 2.45) is 47.3 Å². The molecule has 8 aliphatic heterocycles. The molecule has 0 N–H and O–H groups in total. The van der Waals surface area contributed by atoms with Crippen LogP contribution in [0.4, 0.5) is 0 Å². The van der Waals surface area contributed by atoms with Gasteiger partial charge in [-0.15, -0.1) is 0 Å². The van der Waals surface area contributed by atoms with Crippen LogP contribution in [0, 0.1) is 60.7 Å². The van der Waals surface area contributed by atoms with Crippen LogP contribution in [0.3, 0.4) is 0 Å². The van der Waals surface area contributed by atoms with Crippen LogP contribution in [0.25, 0.3) is 0 Å². The molecule has 0 aromatic carbocycles. The molecule has 4 bridgehead atoms. The second kappa shape index (κ2) is 17.6. The van der Waals surface area contributed by atoms with E-state index in [9.17, 15) is 0 Å². The molecular formula is C46H74AuN4O8+. The van der Waals surface area contributed by atoms with E-state index in [1.54, 1.807) is 0 Å². The Kier molecular flexibility index (Phi) is 13.3. The minimum absolute atomic E-state index is 0. The number of rotatable bonds is 10. The van der Waals surface area contributed by atoms with Crippen LogP contribution in [0.1, 0.15) is 119 Å². The Morgan fingerprint density at radius 1 is 0.576 bits per heavy atom. The Morgan fingerprint density at radius 2 is 1.00 bits per heavy atom. The van der Waals surface area contributed by atoms with E-state index in [0.29, 0.717) is 47.3 Å². The van der Waals surface area contributed by atoms with E-state index in [2.05, 4.69) is 99.3 Å². The van der Waals surface area contributed by atoms with Crippen molar-refractivity contribution in [2.45, 2.75) is 166 Å². The SMILES string of the molecule is C[C@H]1[C@@H](OCCCN2C=CN(C)[CH-]2)O[C@@H]2CC3(C)CC[C@H]4[C@H](C)CC[C@@H]1[C@@]24OO3.C[C@H]1[C@@H](OCCCN2C=CN(C)[CH-]2)O[C@@H]2CC3(C)CC[C@H]4[C@H](C)CC[C@@H]1[C@@]24OO3.[Au+3]. The van der Waals surface area contributed by atoms with Crippen LogP contribution < -0.4 is 0 Å². The Hall–Kier alpha value is -0.900. The normalized spacial score (nSPS) is 47.9. The molecule has 0 aromatic heterocycles. The van der Waals surface area contributed by atoms with E-state index < -0.39 is 0 Å². The minimum atomic E-state index is -0.285. The first-order chi connectivity index (χ1) is 27.8. The van der Waals surface area contributed by atoms with Crippen LogP contribution in [-0.2, 0) is 60.9 Å². The smallest absolute Gasteiger partial charge is 0.511 e. The van der Waals surface area contributed by atoms with Crippen molar-refractivity contribution in [3.63, 3.8) is 0 Å². The number of fused-ring (bicyclic) bond motifs is 4. The first kappa shape index (κ1) is 44.7. The maximum atomic E-state index is 6.68. The Balaban J connectivity index is 0.000000161. The van der Waals surface area contributed by atoms with E-state index in [0.717, 1.165) is 64.8 Å². The fraction of sp³-hybridized carbons (Fsp3) is 0.870. The van der Waals surface area contributed by atoms with Crippen molar-refractivity contribution in [3.8, 4) is 0 Å². The molecule has 6 saturated heterocycles. The van der Waals surface area contributed by atoms with Crippen molar-refractivity contribution < 1.29 is 60.9 Å². The first-order valence-electron chi connectivity index (χ1n) is 23.1. The van der Waals surface area contributed by atoms with Gasteiger partial charge in [0.15, 0.2) is 12.6 Å². The molecule has 8 heterocycles. The summed E-state index contributed by atoms with van der Waals surface area (Å²) in [6, 6.07) is 0. The third kappa shape index (κ3) is 8.23. The summed E-state index contributed by atoms with van der Waals surface area (Å²) in [6.45, 7) is 21.3. The van der Waals surface area contributed by atoms with E-state index in [-0.39, 0.29) is 69.6 Å². The second-order valence-electron chi connectivity index (χ2n) is 20.7. The standard InChI is InChI=1S/2C23H37N2O4.Au/c2*1-16-6-7-19-17(2)21(26-13-5-10-25-12-11-24(4)15-25)27-20-14-22(3)9-8-18(16)23(19,20)29-28-22;/h2*11-12,15-21H,5-10,13-14H2,1-4H3;/q2*-1;+3/t2*16-,17-,18+,19+,20-,21+,22?,23-;/m11./s1. The molecule has 2 unspecified atom stereocenters. The minimum Gasteiger partial charge on any atom is -0.511 e. The summed E-state index contributed by atoms with van der Waals surface area (Å²) in [5.74, 6) is 3.88. The zero-order valence-corrected chi connectivity index (χ0v) is 39.2. The van der Waals surface area contributed by atoms with Crippen LogP contribution >= 0.6 is 0 Å². The molecule has 0 radical (unpaired) electrons. The molecule has 12 nitrogen and oxygen atoms in total. The van der Waals surface area contributed by atoms with Crippen LogP contribution in [0.5, 0.6) is 0 Å². The largest absolute Gasteiger partial charge is 3.00 e. The average molecular weight is 1010 g/mol. The fourth-order valence-electron chi connectivity index (χ4n) is 13.4. The molecular weight excluding hydrogens is 933 g/mol. The molecule has 0 aromatic rings. The van der Waals surface area contributed by atoms with Crippen molar-refractivity contribution in [3.05, 3.63) is 38.1 Å². The molecule has 10 fully saturated rings. The molecule has 4 aliphatic carbocycles. The number of ether oxygens (including phenoxy) is 4. The van der Waals surface area contributed by atoms with Gasteiger partial charge in [-0.3, -0.25) is 0 Å². The number of hydrogen-bond acceptors (Lipinski definition) is 12. The Labute approximate surface area is 370 Å². The molecule has 12 rings (SSSR count). The molecule has 0 amide bonds. The second-order valence-corrected chi connectivity index (χ2v) is 20.7. The van der Waals surface area contributed by atoms with E-state index in [1.807, 2.05) is 14.1 Å². The summed E-state index contributed by atoms with van der Waals surface area (Å²) in [5.41, 5.74) is -1.03. The Bertz CT molecular complexity index is 1400. The first-order valence-corrected chi connectivity index (χ1v) is 23.1. The molecule has 336 valence electrons. The molecule has 12 aliphatic rings. The van der Waals surface area contributed by atoms with E-state index >= 15 is 0 Å². The summed E-state index contributed by atoms with van der Waals surface area (Å²) in [5, 5.41) is 0. The van der Waals surface area contributed by atoms with Gasteiger partial charge in [0.1, 0.15) is 22.4 Å². The fourth-order valence-corrected chi connectivity index (χ4v) is 13.4. The molecule has 4 saturated carbocycles. The van der Waals surface area contributed by atoms with Gasteiger partial charge in [0.25, 0.3) is 0 Å². The van der Waals surface area contributed by atoms with Crippen molar-refractivity contribution in [2.75, 3.05) is 40.4 Å². The van der Waals surface area contributed by atoms with Crippen molar-refractivity contribution >= 4 is 0 Å². The molecule has 59 heavy (non-hydrogen) atoms. The van der Waals surface area contributed by atoms with Gasteiger partial charge in [0.05, 0.1) is 25.4 Å². The summed E-state index contributed by atoms with van der Waals surface area (Å²) in [4.78, 5) is 33.3. The quantitative estimate of drug-likeness (QED) is 0.0928.